The van der Waals surface area contributed by atoms with E-state index in [1.807, 2.05) is 30.3 Å². The van der Waals surface area contributed by atoms with Gasteiger partial charge in [-0.15, -0.1) is 0 Å². The third-order valence-corrected chi connectivity index (χ3v) is 3.63. The van der Waals surface area contributed by atoms with Crippen molar-refractivity contribution in [1.82, 2.24) is 5.32 Å². The van der Waals surface area contributed by atoms with Crippen LogP contribution in [-0.2, 0) is 11.2 Å². The van der Waals surface area contributed by atoms with E-state index >= 15 is 0 Å². The minimum absolute atomic E-state index is 0.198. The molecule has 0 unspecified atom stereocenters. The molecule has 0 fully saturated rings. The van der Waals surface area contributed by atoms with Crippen molar-refractivity contribution in [2.24, 2.45) is 5.73 Å². The summed E-state index contributed by atoms with van der Waals surface area (Å²) in [5, 5.41) is 2.78. The molecule has 0 heterocycles. The average Bonchev–Trinajstić information content (AvgIpc) is 2.65. The van der Waals surface area contributed by atoms with Gasteiger partial charge < -0.3 is 25.3 Å². The van der Waals surface area contributed by atoms with E-state index in [9.17, 15) is 4.79 Å². The number of methoxy groups -OCH3 is 2. The van der Waals surface area contributed by atoms with Crippen LogP contribution in [0.5, 0.6) is 17.2 Å². The maximum atomic E-state index is 12.0. The predicted octanol–water partition coefficient (Wildman–Crippen LogP) is 1.77. The number of carbonyl (C=O) groups is 1. The van der Waals surface area contributed by atoms with Crippen molar-refractivity contribution in [3.05, 3.63) is 54.1 Å². The van der Waals surface area contributed by atoms with Gasteiger partial charge >= 0.3 is 0 Å². The monoisotopic (exact) mass is 344 g/mol. The molecule has 0 saturated carbocycles. The summed E-state index contributed by atoms with van der Waals surface area (Å²) in [6.45, 7) is 0.682. The van der Waals surface area contributed by atoms with Crippen LogP contribution in [0.3, 0.4) is 0 Å². The van der Waals surface area contributed by atoms with Crippen LogP contribution in [0.4, 0.5) is 0 Å². The smallest absolute Gasteiger partial charge is 0.237 e. The Morgan fingerprint density at radius 1 is 1.04 bits per heavy atom. The van der Waals surface area contributed by atoms with Crippen molar-refractivity contribution in [2.45, 2.75) is 12.5 Å². The molecule has 0 aliphatic heterocycles. The molecule has 0 spiro atoms. The summed E-state index contributed by atoms with van der Waals surface area (Å²) in [6, 6.07) is 14.4. The molecule has 134 valence electrons. The van der Waals surface area contributed by atoms with Crippen molar-refractivity contribution in [1.29, 1.82) is 0 Å². The van der Waals surface area contributed by atoms with Gasteiger partial charge in [0.15, 0.2) is 0 Å². The van der Waals surface area contributed by atoms with E-state index in [2.05, 4.69) is 5.32 Å². The van der Waals surface area contributed by atoms with Gasteiger partial charge in [0.05, 0.1) is 26.8 Å². The third-order valence-electron chi connectivity index (χ3n) is 3.63. The van der Waals surface area contributed by atoms with Crippen LogP contribution in [0.2, 0.25) is 0 Å². The summed E-state index contributed by atoms with van der Waals surface area (Å²) in [6.07, 6.45) is 0.501. The molecule has 25 heavy (non-hydrogen) atoms. The van der Waals surface area contributed by atoms with Gasteiger partial charge in [0.25, 0.3) is 0 Å². The second-order valence-electron chi connectivity index (χ2n) is 5.48. The van der Waals surface area contributed by atoms with Crippen LogP contribution < -0.4 is 25.3 Å². The highest BCUT2D eigenvalue weighted by atomic mass is 16.5. The minimum atomic E-state index is -0.584. The highest BCUT2D eigenvalue weighted by Gasteiger charge is 2.13. The summed E-state index contributed by atoms with van der Waals surface area (Å²) in [7, 11) is 3.15. The number of rotatable bonds is 9. The number of hydrogen-bond acceptors (Lipinski definition) is 5. The minimum Gasteiger partial charge on any atom is -0.496 e. The third kappa shape index (κ3) is 6.00. The first-order valence-corrected chi connectivity index (χ1v) is 8.05. The number of hydrogen-bond donors (Lipinski definition) is 2. The highest BCUT2D eigenvalue weighted by Crippen LogP contribution is 2.27. The zero-order chi connectivity index (χ0) is 18.1. The Bertz CT molecular complexity index is 654. The lowest BCUT2D eigenvalue weighted by Gasteiger charge is -2.13. The molecule has 0 aromatic heterocycles. The van der Waals surface area contributed by atoms with E-state index in [4.69, 9.17) is 19.9 Å². The Kier molecular flexibility index (Phi) is 7.10. The Hall–Kier alpha value is -2.73. The number of benzene rings is 2. The van der Waals surface area contributed by atoms with Crippen LogP contribution in [0.1, 0.15) is 5.56 Å². The van der Waals surface area contributed by atoms with Crippen molar-refractivity contribution in [3.63, 3.8) is 0 Å². The molecule has 0 saturated heterocycles. The summed E-state index contributed by atoms with van der Waals surface area (Å²) in [5.74, 6) is 1.70. The zero-order valence-electron chi connectivity index (χ0n) is 14.5. The van der Waals surface area contributed by atoms with E-state index < -0.39 is 6.04 Å². The van der Waals surface area contributed by atoms with Gasteiger partial charge in [0.2, 0.25) is 5.91 Å². The Morgan fingerprint density at radius 2 is 1.64 bits per heavy atom. The quantitative estimate of drug-likeness (QED) is 0.678. The maximum Gasteiger partial charge on any atom is 0.237 e. The van der Waals surface area contributed by atoms with Crippen molar-refractivity contribution >= 4 is 5.91 Å². The van der Waals surface area contributed by atoms with Gasteiger partial charge in [0, 0.05) is 18.2 Å². The summed E-state index contributed by atoms with van der Waals surface area (Å²) in [4.78, 5) is 12.0. The van der Waals surface area contributed by atoms with Gasteiger partial charge in [-0.1, -0.05) is 30.3 Å². The molecular formula is C19H24N2O4. The fraction of sp³-hybridized carbons (Fsp3) is 0.316. The van der Waals surface area contributed by atoms with Gasteiger partial charge in [0.1, 0.15) is 23.9 Å². The van der Waals surface area contributed by atoms with Crippen molar-refractivity contribution in [2.75, 3.05) is 27.4 Å². The number of amides is 1. The topological polar surface area (TPSA) is 82.8 Å². The first-order chi connectivity index (χ1) is 12.1. The van der Waals surface area contributed by atoms with Crippen LogP contribution in [0, 0.1) is 0 Å². The van der Waals surface area contributed by atoms with E-state index in [1.54, 1.807) is 32.4 Å². The van der Waals surface area contributed by atoms with E-state index in [-0.39, 0.29) is 5.91 Å². The maximum absolute atomic E-state index is 12.0. The molecule has 2 aromatic carbocycles. The van der Waals surface area contributed by atoms with Crippen molar-refractivity contribution < 1.29 is 19.0 Å². The molecule has 0 bridgehead atoms. The normalized spacial score (nSPS) is 11.5. The molecule has 1 atom stereocenters. The summed E-state index contributed by atoms with van der Waals surface area (Å²) < 4.78 is 16.0. The van der Waals surface area contributed by atoms with Crippen molar-refractivity contribution in [3.8, 4) is 17.2 Å². The molecule has 0 radical (unpaired) electrons. The molecule has 0 aliphatic rings. The zero-order valence-corrected chi connectivity index (χ0v) is 14.5. The molecule has 6 nitrogen and oxygen atoms in total. The lowest BCUT2D eigenvalue weighted by Crippen LogP contribution is -2.43. The lowest BCUT2D eigenvalue weighted by molar-refractivity contribution is -0.122. The van der Waals surface area contributed by atoms with Crippen LogP contribution in [0.15, 0.2) is 48.5 Å². The van der Waals surface area contributed by atoms with Gasteiger partial charge in [-0.25, -0.2) is 0 Å². The van der Waals surface area contributed by atoms with E-state index in [0.29, 0.717) is 36.8 Å². The molecule has 2 rings (SSSR count). The first kappa shape index (κ1) is 18.6. The van der Waals surface area contributed by atoms with Gasteiger partial charge in [-0.3, -0.25) is 4.79 Å². The van der Waals surface area contributed by atoms with Crippen LogP contribution >= 0.6 is 0 Å². The van der Waals surface area contributed by atoms with E-state index in [1.165, 1.54) is 0 Å². The Balaban J connectivity index is 1.76. The first-order valence-electron chi connectivity index (χ1n) is 8.05. The Morgan fingerprint density at radius 3 is 2.24 bits per heavy atom. The number of nitrogens with one attached hydrogen (secondary N) is 1. The molecule has 3 N–H and O–H groups in total. The number of nitrogens with two attached hydrogens (primary N) is 1. The second-order valence-corrected chi connectivity index (χ2v) is 5.48. The summed E-state index contributed by atoms with van der Waals surface area (Å²) >= 11 is 0. The van der Waals surface area contributed by atoms with Gasteiger partial charge in [-0.2, -0.15) is 0 Å². The molecule has 0 aliphatic carbocycles. The fourth-order valence-electron chi connectivity index (χ4n) is 2.30. The molecular weight excluding hydrogens is 320 g/mol. The highest BCUT2D eigenvalue weighted by molar-refractivity contribution is 5.81. The van der Waals surface area contributed by atoms with Gasteiger partial charge in [-0.05, 0) is 12.0 Å². The SMILES string of the molecule is COc1cc(OC)cc(OCCNC(=O)[C@@H](N)Cc2ccccc2)c1. The van der Waals surface area contributed by atoms with Crippen LogP contribution in [0.25, 0.3) is 0 Å². The summed E-state index contributed by atoms with van der Waals surface area (Å²) in [5.41, 5.74) is 6.96. The average molecular weight is 344 g/mol. The lowest BCUT2D eigenvalue weighted by atomic mass is 10.1. The number of ether oxygens (including phenoxy) is 3. The molecule has 1 amide bonds. The number of carbonyl (C=O) groups excluding carboxylic acids is 1. The Labute approximate surface area is 147 Å². The standard InChI is InChI=1S/C19H24N2O4/c1-23-15-11-16(24-2)13-17(12-15)25-9-8-21-19(22)18(20)10-14-6-4-3-5-7-14/h3-7,11-13,18H,8-10,20H2,1-2H3,(H,21,22)/t18-/m0/s1. The fourth-order valence-corrected chi connectivity index (χ4v) is 2.30. The largest absolute Gasteiger partial charge is 0.496 e. The molecule has 6 heteroatoms. The van der Waals surface area contributed by atoms with Crippen LogP contribution in [-0.4, -0.2) is 39.3 Å². The predicted molar refractivity (Wildman–Crippen MR) is 96.2 cm³/mol. The second kappa shape index (κ2) is 9.54. The molecule has 2 aromatic rings. The van der Waals surface area contributed by atoms with E-state index in [0.717, 1.165) is 5.56 Å².